The molecule has 0 bridgehead atoms. The lowest BCUT2D eigenvalue weighted by Crippen LogP contribution is -2.38. The highest BCUT2D eigenvalue weighted by molar-refractivity contribution is 5.96. The summed E-state index contributed by atoms with van der Waals surface area (Å²) in [4.78, 5) is 22.2. The van der Waals surface area contributed by atoms with Gasteiger partial charge in [0.1, 0.15) is 11.4 Å². The first-order valence-corrected chi connectivity index (χ1v) is 11.2. The second-order valence-corrected chi connectivity index (χ2v) is 8.97. The van der Waals surface area contributed by atoms with Crippen molar-refractivity contribution >= 4 is 17.6 Å². The standard InChI is InChI=1S/C25H35N3O2/c1-5-6-18-27-19-11-10-16-22(27)21-15-12-17-26-23(21)28(20-13-8-7-9-14-20)24(29)30-25(2,3)4/h7-9,12-15,17,22H,5-6,10-11,16,18-19H2,1-4H3. The molecule has 0 aliphatic carbocycles. The summed E-state index contributed by atoms with van der Waals surface area (Å²) in [7, 11) is 0. The minimum absolute atomic E-state index is 0.266. The minimum atomic E-state index is -0.586. The molecular formula is C25H35N3O2. The van der Waals surface area contributed by atoms with Crippen molar-refractivity contribution in [1.82, 2.24) is 9.88 Å². The van der Waals surface area contributed by atoms with Gasteiger partial charge in [0.15, 0.2) is 0 Å². The van der Waals surface area contributed by atoms with Gasteiger partial charge < -0.3 is 4.74 Å². The molecule has 5 nitrogen and oxygen atoms in total. The number of rotatable bonds is 6. The molecule has 2 heterocycles. The lowest BCUT2D eigenvalue weighted by atomic mass is 9.95. The Balaban J connectivity index is 2.03. The van der Waals surface area contributed by atoms with Gasteiger partial charge in [0.2, 0.25) is 0 Å². The number of unbranched alkanes of at least 4 members (excludes halogenated alkanes) is 1. The van der Waals surface area contributed by atoms with Crippen LogP contribution in [0.1, 0.15) is 71.4 Å². The van der Waals surface area contributed by atoms with Crippen molar-refractivity contribution in [2.45, 2.75) is 71.4 Å². The fourth-order valence-electron chi connectivity index (χ4n) is 4.03. The lowest BCUT2D eigenvalue weighted by molar-refractivity contribution is 0.0597. The van der Waals surface area contributed by atoms with E-state index in [1.54, 1.807) is 11.1 Å². The average molecular weight is 410 g/mol. The molecule has 1 amide bonds. The Kier molecular flexibility index (Phi) is 7.48. The third-order valence-electron chi connectivity index (χ3n) is 5.39. The summed E-state index contributed by atoms with van der Waals surface area (Å²) in [5.41, 5.74) is 1.28. The maximum atomic E-state index is 13.3. The van der Waals surface area contributed by atoms with E-state index in [2.05, 4.69) is 17.9 Å². The van der Waals surface area contributed by atoms with Gasteiger partial charge in [-0.05, 0) is 71.3 Å². The number of carbonyl (C=O) groups is 1. The second kappa shape index (κ2) is 10.1. The quantitative estimate of drug-likeness (QED) is 0.547. The summed E-state index contributed by atoms with van der Waals surface area (Å²) in [6.07, 6.45) is 7.23. The van der Waals surface area contributed by atoms with E-state index in [1.165, 1.54) is 25.7 Å². The number of benzene rings is 1. The van der Waals surface area contributed by atoms with E-state index < -0.39 is 11.7 Å². The zero-order chi connectivity index (χ0) is 21.6. The Morgan fingerprint density at radius 3 is 2.63 bits per heavy atom. The Hall–Kier alpha value is -2.40. The first kappa shape index (κ1) is 22.3. The molecule has 30 heavy (non-hydrogen) atoms. The number of amides is 1. The summed E-state index contributed by atoms with van der Waals surface area (Å²) in [5.74, 6) is 0.673. The Morgan fingerprint density at radius 1 is 1.17 bits per heavy atom. The molecule has 1 aromatic heterocycles. The van der Waals surface area contributed by atoms with Gasteiger partial charge in [0.25, 0.3) is 0 Å². The van der Waals surface area contributed by atoms with E-state index in [1.807, 2.05) is 57.2 Å². The first-order valence-electron chi connectivity index (χ1n) is 11.2. The maximum absolute atomic E-state index is 13.3. The first-order chi connectivity index (χ1) is 14.4. The normalized spacial score (nSPS) is 17.5. The van der Waals surface area contributed by atoms with E-state index in [-0.39, 0.29) is 6.04 Å². The summed E-state index contributed by atoms with van der Waals surface area (Å²) in [6.45, 7) is 10.1. The number of hydrogen-bond acceptors (Lipinski definition) is 4. The highest BCUT2D eigenvalue weighted by Gasteiger charge is 2.32. The van der Waals surface area contributed by atoms with E-state index in [4.69, 9.17) is 9.72 Å². The number of anilines is 2. The number of likely N-dealkylation sites (tertiary alicyclic amines) is 1. The van der Waals surface area contributed by atoms with Crippen LogP contribution >= 0.6 is 0 Å². The third kappa shape index (κ3) is 5.60. The number of para-hydroxylation sites is 1. The van der Waals surface area contributed by atoms with Crippen LogP contribution in [0.2, 0.25) is 0 Å². The van der Waals surface area contributed by atoms with Gasteiger partial charge in [-0.3, -0.25) is 4.90 Å². The van der Waals surface area contributed by atoms with Gasteiger partial charge in [-0.15, -0.1) is 0 Å². The Bertz CT molecular complexity index is 817. The number of carbonyl (C=O) groups excluding carboxylic acids is 1. The predicted octanol–water partition coefficient (Wildman–Crippen LogP) is 6.48. The number of piperidine rings is 1. The summed E-state index contributed by atoms with van der Waals surface area (Å²) in [5, 5.41) is 0. The van der Waals surface area contributed by atoms with Crippen LogP contribution in [0.5, 0.6) is 0 Å². The Labute approximate surface area is 181 Å². The molecule has 0 saturated carbocycles. The van der Waals surface area contributed by atoms with Crippen molar-refractivity contribution in [1.29, 1.82) is 0 Å². The number of ether oxygens (including phenoxy) is 1. The van der Waals surface area contributed by atoms with Crippen LogP contribution in [0.4, 0.5) is 16.3 Å². The van der Waals surface area contributed by atoms with Gasteiger partial charge in [0.05, 0.1) is 5.69 Å². The highest BCUT2D eigenvalue weighted by atomic mass is 16.6. The van der Waals surface area contributed by atoms with Crippen LogP contribution in [-0.4, -0.2) is 34.7 Å². The molecule has 1 unspecified atom stereocenters. The lowest BCUT2D eigenvalue weighted by Gasteiger charge is -2.38. The van der Waals surface area contributed by atoms with Crippen molar-refractivity contribution < 1.29 is 9.53 Å². The van der Waals surface area contributed by atoms with Crippen molar-refractivity contribution in [2.24, 2.45) is 0 Å². The SMILES string of the molecule is CCCCN1CCCCC1c1cccnc1N(C(=O)OC(C)(C)C)c1ccccc1. The second-order valence-electron chi connectivity index (χ2n) is 8.97. The number of nitrogens with zero attached hydrogens (tertiary/aromatic N) is 3. The number of pyridine rings is 1. The topological polar surface area (TPSA) is 45.7 Å². The van der Waals surface area contributed by atoms with Crippen molar-refractivity contribution in [2.75, 3.05) is 18.0 Å². The Morgan fingerprint density at radius 2 is 1.93 bits per heavy atom. The van der Waals surface area contributed by atoms with Crippen LogP contribution in [-0.2, 0) is 4.74 Å². The fourth-order valence-corrected chi connectivity index (χ4v) is 4.03. The zero-order valence-electron chi connectivity index (χ0n) is 18.8. The zero-order valence-corrected chi connectivity index (χ0v) is 18.8. The minimum Gasteiger partial charge on any atom is -0.443 e. The predicted molar refractivity (Wildman–Crippen MR) is 122 cm³/mol. The molecule has 162 valence electrons. The molecule has 1 aliphatic rings. The molecule has 1 fully saturated rings. The summed E-state index contributed by atoms with van der Waals surface area (Å²) < 4.78 is 5.78. The molecule has 3 rings (SSSR count). The van der Waals surface area contributed by atoms with Gasteiger partial charge in [-0.25, -0.2) is 14.7 Å². The van der Waals surface area contributed by atoms with Crippen LogP contribution in [0.15, 0.2) is 48.7 Å². The smallest absolute Gasteiger partial charge is 0.420 e. The molecule has 1 aliphatic heterocycles. The molecule has 0 radical (unpaired) electrons. The molecular weight excluding hydrogens is 374 g/mol. The fraction of sp³-hybridized carbons (Fsp3) is 0.520. The van der Waals surface area contributed by atoms with Crippen LogP contribution < -0.4 is 4.90 Å². The summed E-state index contributed by atoms with van der Waals surface area (Å²) >= 11 is 0. The number of hydrogen-bond donors (Lipinski definition) is 0. The van der Waals surface area contributed by atoms with E-state index in [9.17, 15) is 4.79 Å². The molecule has 2 aromatic rings. The van der Waals surface area contributed by atoms with E-state index in [0.717, 1.165) is 30.8 Å². The largest absolute Gasteiger partial charge is 0.443 e. The van der Waals surface area contributed by atoms with Crippen molar-refractivity contribution in [3.8, 4) is 0 Å². The molecule has 5 heteroatoms. The molecule has 0 spiro atoms. The van der Waals surface area contributed by atoms with Crippen LogP contribution in [0.3, 0.4) is 0 Å². The average Bonchev–Trinajstić information content (AvgIpc) is 2.72. The van der Waals surface area contributed by atoms with Crippen LogP contribution in [0.25, 0.3) is 0 Å². The maximum Gasteiger partial charge on any atom is 0.420 e. The highest BCUT2D eigenvalue weighted by Crippen LogP contribution is 2.38. The van der Waals surface area contributed by atoms with E-state index >= 15 is 0 Å². The van der Waals surface area contributed by atoms with Crippen LogP contribution in [0, 0.1) is 0 Å². The molecule has 0 N–H and O–H groups in total. The van der Waals surface area contributed by atoms with E-state index in [0.29, 0.717) is 5.82 Å². The van der Waals surface area contributed by atoms with Gasteiger partial charge in [-0.2, -0.15) is 0 Å². The molecule has 1 atom stereocenters. The molecule has 1 aromatic carbocycles. The van der Waals surface area contributed by atoms with Gasteiger partial charge in [-0.1, -0.05) is 44.0 Å². The van der Waals surface area contributed by atoms with Gasteiger partial charge in [0, 0.05) is 17.8 Å². The molecule has 1 saturated heterocycles. The van der Waals surface area contributed by atoms with Crippen molar-refractivity contribution in [3.05, 3.63) is 54.2 Å². The monoisotopic (exact) mass is 409 g/mol. The van der Waals surface area contributed by atoms with Crippen molar-refractivity contribution in [3.63, 3.8) is 0 Å². The van der Waals surface area contributed by atoms with Gasteiger partial charge >= 0.3 is 6.09 Å². The number of aromatic nitrogens is 1. The summed E-state index contributed by atoms with van der Waals surface area (Å²) in [6, 6.07) is 14.0. The third-order valence-corrected chi connectivity index (χ3v) is 5.39.